The molecule has 1 aliphatic rings. The Hall–Kier alpha value is -1.89. The largest absolute Gasteiger partial charge is 0.393 e. The Morgan fingerprint density at radius 3 is 2.58 bits per heavy atom. The van der Waals surface area contributed by atoms with Crippen LogP contribution in [0.4, 0.5) is 21.5 Å². The Bertz CT molecular complexity index is 461. The van der Waals surface area contributed by atoms with Crippen LogP contribution in [0.3, 0.4) is 0 Å². The first-order valence-corrected chi connectivity index (χ1v) is 6.19. The molecule has 0 radical (unpaired) electrons. The molecule has 1 aliphatic heterocycles. The number of rotatable bonds is 4. The van der Waals surface area contributed by atoms with Crippen molar-refractivity contribution in [3.63, 3.8) is 0 Å². The van der Waals surface area contributed by atoms with Gasteiger partial charge in [-0.2, -0.15) is 0 Å². The molecule has 2 rings (SSSR count). The highest BCUT2D eigenvalue weighted by molar-refractivity contribution is 5.75. The Kier molecular flexibility index (Phi) is 4.16. The number of halogens is 1. The molecular formula is C12H17FN4O2. The lowest BCUT2D eigenvalue weighted by Crippen LogP contribution is -2.47. The third-order valence-electron chi connectivity index (χ3n) is 3.34. The van der Waals surface area contributed by atoms with Gasteiger partial charge < -0.3 is 10.6 Å². The molecule has 0 amide bonds. The highest BCUT2D eigenvalue weighted by Gasteiger charge is 2.25. The van der Waals surface area contributed by atoms with Gasteiger partial charge in [-0.25, -0.2) is 4.39 Å². The Morgan fingerprint density at radius 1 is 1.32 bits per heavy atom. The normalized spacial score (nSPS) is 16.6. The molecule has 7 heteroatoms. The zero-order valence-corrected chi connectivity index (χ0v) is 10.6. The zero-order chi connectivity index (χ0) is 13.8. The standard InChI is InChI=1S/C12H17FN4O2/c13-4-5-15-6-8-16(9-7-15)11-3-1-2-10(14)12(11)17(18)19/h1-3H,4-9,14H2. The van der Waals surface area contributed by atoms with Gasteiger partial charge in [-0.1, -0.05) is 6.07 Å². The fourth-order valence-electron chi connectivity index (χ4n) is 2.33. The number of nitrogens with two attached hydrogens (primary N) is 1. The third kappa shape index (κ3) is 2.93. The molecule has 0 saturated carbocycles. The van der Waals surface area contributed by atoms with Crippen LogP contribution in [0, 0.1) is 10.1 Å². The van der Waals surface area contributed by atoms with E-state index in [0.717, 1.165) is 0 Å². The van der Waals surface area contributed by atoms with E-state index in [4.69, 9.17) is 5.73 Å². The van der Waals surface area contributed by atoms with Crippen LogP contribution >= 0.6 is 0 Å². The molecule has 19 heavy (non-hydrogen) atoms. The molecule has 0 aromatic heterocycles. The van der Waals surface area contributed by atoms with Gasteiger partial charge in [-0.15, -0.1) is 0 Å². The zero-order valence-electron chi connectivity index (χ0n) is 10.6. The van der Waals surface area contributed by atoms with E-state index in [-0.39, 0.29) is 18.0 Å². The molecule has 1 fully saturated rings. The summed E-state index contributed by atoms with van der Waals surface area (Å²) in [6.07, 6.45) is 0. The lowest BCUT2D eigenvalue weighted by Gasteiger charge is -2.35. The first-order valence-electron chi connectivity index (χ1n) is 6.19. The molecule has 0 atom stereocenters. The molecule has 6 nitrogen and oxygen atoms in total. The number of nitrogen functional groups attached to an aromatic ring is 1. The van der Waals surface area contributed by atoms with E-state index in [9.17, 15) is 14.5 Å². The smallest absolute Gasteiger partial charge is 0.315 e. The van der Waals surface area contributed by atoms with Gasteiger partial charge in [-0.3, -0.25) is 15.0 Å². The monoisotopic (exact) mass is 268 g/mol. The number of nitro benzene ring substituents is 1. The van der Waals surface area contributed by atoms with Crippen LogP contribution < -0.4 is 10.6 Å². The number of piperazine rings is 1. The number of hydrogen-bond acceptors (Lipinski definition) is 5. The fraction of sp³-hybridized carbons (Fsp3) is 0.500. The molecular weight excluding hydrogens is 251 g/mol. The summed E-state index contributed by atoms with van der Waals surface area (Å²) in [7, 11) is 0. The van der Waals surface area contributed by atoms with Gasteiger partial charge in [0, 0.05) is 32.7 Å². The summed E-state index contributed by atoms with van der Waals surface area (Å²) in [6.45, 7) is 2.76. The van der Waals surface area contributed by atoms with Crippen molar-refractivity contribution in [3.05, 3.63) is 28.3 Å². The molecule has 1 aromatic rings. The minimum absolute atomic E-state index is 0.0403. The second kappa shape index (κ2) is 5.83. The molecule has 104 valence electrons. The second-order valence-corrected chi connectivity index (χ2v) is 4.49. The average Bonchev–Trinajstić information content (AvgIpc) is 2.39. The maximum absolute atomic E-state index is 12.3. The number of para-hydroxylation sites is 1. The number of nitro groups is 1. The molecule has 1 aromatic carbocycles. The van der Waals surface area contributed by atoms with E-state index in [1.807, 2.05) is 9.80 Å². The van der Waals surface area contributed by atoms with Crippen molar-refractivity contribution in [1.82, 2.24) is 4.90 Å². The molecule has 0 spiro atoms. The molecule has 1 heterocycles. The van der Waals surface area contributed by atoms with Crippen LogP contribution in [-0.2, 0) is 0 Å². The van der Waals surface area contributed by atoms with Gasteiger partial charge in [0.25, 0.3) is 0 Å². The van der Waals surface area contributed by atoms with Crippen molar-refractivity contribution in [2.45, 2.75) is 0 Å². The molecule has 0 unspecified atom stereocenters. The van der Waals surface area contributed by atoms with Crippen molar-refractivity contribution in [2.24, 2.45) is 0 Å². The highest BCUT2D eigenvalue weighted by atomic mass is 19.1. The Morgan fingerprint density at radius 2 is 2.00 bits per heavy atom. The lowest BCUT2D eigenvalue weighted by atomic mass is 10.2. The number of hydrogen-bond donors (Lipinski definition) is 1. The summed E-state index contributed by atoms with van der Waals surface area (Å²) in [4.78, 5) is 14.6. The van der Waals surface area contributed by atoms with E-state index >= 15 is 0 Å². The number of nitrogens with zero attached hydrogens (tertiary/aromatic N) is 3. The Labute approximate surface area is 110 Å². The summed E-state index contributed by atoms with van der Waals surface area (Å²) >= 11 is 0. The van der Waals surface area contributed by atoms with Gasteiger partial charge in [-0.05, 0) is 12.1 Å². The lowest BCUT2D eigenvalue weighted by molar-refractivity contribution is -0.383. The maximum Gasteiger partial charge on any atom is 0.315 e. The summed E-state index contributed by atoms with van der Waals surface area (Å²) in [5.74, 6) is 0. The predicted molar refractivity (Wildman–Crippen MR) is 72.1 cm³/mol. The predicted octanol–water partition coefficient (Wildman–Crippen LogP) is 1.27. The van der Waals surface area contributed by atoms with E-state index in [1.165, 1.54) is 6.07 Å². The van der Waals surface area contributed by atoms with Gasteiger partial charge in [0.1, 0.15) is 18.0 Å². The highest BCUT2D eigenvalue weighted by Crippen LogP contribution is 2.33. The van der Waals surface area contributed by atoms with Gasteiger partial charge in [0.05, 0.1) is 4.92 Å². The van der Waals surface area contributed by atoms with Gasteiger partial charge in [0.2, 0.25) is 0 Å². The van der Waals surface area contributed by atoms with Crippen molar-refractivity contribution < 1.29 is 9.31 Å². The van der Waals surface area contributed by atoms with Crippen molar-refractivity contribution in [1.29, 1.82) is 0 Å². The van der Waals surface area contributed by atoms with Crippen LogP contribution in [0.15, 0.2) is 18.2 Å². The molecule has 0 aliphatic carbocycles. The van der Waals surface area contributed by atoms with Crippen LogP contribution in [0.25, 0.3) is 0 Å². The van der Waals surface area contributed by atoms with Gasteiger partial charge in [0.15, 0.2) is 0 Å². The van der Waals surface area contributed by atoms with E-state index < -0.39 is 4.92 Å². The SMILES string of the molecule is Nc1cccc(N2CCN(CCF)CC2)c1[N+](=O)[O-]. The summed E-state index contributed by atoms with van der Waals surface area (Å²) in [6, 6.07) is 4.95. The van der Waals surface area contributed by atoms with Crippen LogP contribution in [-0.4, -0.2) is 49.2 Å². The minimum Gasteiger partial charge on any atom is -0.393 e. The van der Waals surface area contributed by atoms with Gasteiger partial charge >= 0.3 is 5.69 Å². The topological polar surface area (TPSA) is 75.6 Å². The summed E-state index contributed by atoms with van der Waals surface area (Å²) in [5.41, 5.74) is 6.36. The third-order valence-corrected chi connectivity index (χ3v) is 3.34. The Balaban J connectivity index is 2.15. The maximum atomic E-state index is 12.3. The fourth-order valence-corrected chi connectivity index (χ4v) is 2.33. The van der Waals surface area contributed by atoms with Crippen molar-refractivity contribution >= 4 is 17.1 Å². The first kappa shape index (κ1) is 13.5. The molecule has 0 bridgehead atoms. The number of alkyl halides is 1. The van der Waals surface area contributed by atoms with Crippen molar-refractivity contribution in [3.8, 4) is 0 Å². The number of benzene rings is 1. The number of anilines is 2. The summed E-state index contributed by atoms with van der Waals surface area (Å²) < 4.78 is 12.3. The van der Waals surface area contributed by atoms with Crippen LogP contribution in [0.2, 0.25) is 0 Å². The van der Waals surface area contributed by atoms with E-state index in [0.29, 0.717) is 38.4 Å². The summed E-state index contributed by atoms with van der Waals surface area (Å²) in [5, 5.41) is 11.1. The average molecular weight is 268 g/mol. The molecule has 1 saturated heterocycles. The molecule has 2 N–H and O–H groups in total. The van der Waals surface area contributed by atoms with E-state index in [1.54, 1.807) is 12.1 Å². The van der Waals surface area contributed by atoms with Crippen molar-refractivity contribution in [2.75, 3.05) is 50.0 Å². The minimum atomic E-state index is -0.446. The second-order valence-electron chi connectivity index (χ2n) is 4.49. The van der Waals surface area contributed by atoms with Crippen LogP contribution in [0.1, 0.15) is 0 Å². The van der Waals surface area contributed by atoms with Crippen LogP contribution in [0.5, 0.6) is 0 Å². The quantitative estimate of drug-likeness (QED) is 0.505. The first-order chi connectivity index (χ1) is 9.13. The van der Waals surface area contributed by atoms with E-state index in [2.05, 4.69) is 0 Å².